The molecule has 0 bridgehead atoms. The van der Waals surface area contributed by atoms with E-state index >= 15 is 0 Å². The number of nitrogens with one attached hydrogen (secondary N) is 1. The van der Waals surface area contributed by atoms with Crippen LogP contribution >= 0.6 is 0 Å². The molecule has 0 atom stereocenters. The zero-order chi connectivity index (χ0) is 15.7. The number of carboxylic acids is 1. The number of alkyl halides is 3. The highest BCUT2D eigenvalue weighted by molar-refractivity contribution is 5.94. The number of aromatic carboxylic acids is 1. The maximum Gasteiger partial charge on any atom is 0.416 e. The van der Waals surface area contributed by atoms with Crippen molar-refractivity contribution in [2.24, 2.45) is 0 Å². The standard InChI is InChI=1S/C14H16F3NO3/c15-14(16,17)9-3-4-11(10(7-9)12(19)20)18-8-13(21)5-1-2-6-13/h3-4,7,18,21H,1-2,5-6,8H2,(H,19,20). The summed E-state index contributed by atoms with van der Waals surface area (Å²) >= 11 is 0. The first kappa shape index (κ1) is 15.6. The Hall–Kier alpha value is -1.76. The second kappa shape index (κ2) is 5.55. The van der Waals surface area contributed by atoms with Crippen LogP contribution in [0.15, 0.2) is 18.2 Å². The van der Waals surface area contributed by atoms with Crippen LogP contribution in [-0.2, 0) is 6.18 Å². The fourth-order valence-electron chi connectivity index (χ4n) is 2.52. The molecule has 21 heavy (non-hydrogen) atoms. The molecule has 116 valence electrons. The van der Waals surface area contributed by atoms with E-state index in [1.807, 2.05) is 0 Å². The molecule has 2 rings (SSSR count). The number of benzene rings is 1. The van der Waals surface area contributed by atoms with Gasteiger partial charge in [0, 0.05) is 12.2 Å². The molecule has 0 amide bonds. The summed E-state index contributed by atoms with van der Waals surface area (Å²) in [5.41, 5.74) is -2.30. The maximum atomic E-state index is 12.6. The summed E-state index contributed by atoms with van der Waals surface area (Å²) < 4.78 is 37.8. The number of halogens is 3. The Bertz CT molecular complexity index is 537. The number of rotatable bonds is 4. The van der Waals surface area contributed by atoms with Crippen LogP contribution in [0.4, 0.5) is 18.9 Å². The lowest BCUT2D eigenvalue weighted by Crippen LogP contribution is -2.33. The predicted molar refractivity (Wildman–Crippen MR) is 70.3 cm³/mol. The monoisotopic (exact) mass is 303 g/mol. The predicted octanol–water partition coefficient (Wildman–Crippen LogP) is 3.12. The Morgan fingerprint density at radius 1 is 1.29 bits per heavy atom. The van der Waals surface area contributed by atoms with E-state index in [2.05, 4.69) is 5.32 Å². The van der Waals surface area contributed by atoms with Crippen molar-refractivity contribution in [2.45, 2.75) is 37.5 Å². The zero-order valence-electron chi connectivity index (χ0n) is 11.2. The number of carboxylic acid groups (broad SMARTS) is 1. The molecule has 1 saturated carbocycles. The van der Waals surface area contributed by atoms with Gasteiger partial charge in [-0.05, 0) is 31.0 Å². The van der Waals surface area contributed by atoms with E-state index in [-0.39, 0.29) is 12.2 Å². The molecule has 0 heterocycles. The van der Waals surface area contributed by atoms with Crippen molar-refractivity contribution >= 4 is 11.7 Å². The van der Waals surface area contributed by atoms with Gasteiger partial charge in [0.25, 0.3) is 0 Å². The van der Waals surface area contributed by atoms with Crippen LogP contribution < -0.4 is 5.32 Å². The number of anilines is 1. The third-order valence-corrected chi connectivity index (χ3v) is 3.72. The lowest BCUT2D eigenvalue weighted by atomic mass is 10.0. The lowest BCUT2D eigenvalue weighted by molar-refractivity contribution is -0.137. The van der Waals surface area contributed by atoms with Crippen LogP contribution in [0.5, 0.6) is 0 Å². The highest BCUT2D eigenvalue weighted by Crippen LogP contribution is 2.33. The Kier molecular flexibility index (Phi) is 4.13. The second-order valence-corrected chi connectivity index (χ2v) is 5.35. The van der Waals surface area contributed by atoms with Gasteiger partial charge in [-0.1, -0.05) is 12.8 Å². The van der Waals surface area contributed by atoms with Gasteiger partial charge in [0.2, 0.25) is 0 Å². The summed E-state index contributed by atoms with van der Waals surface area (Å²) in [5, 5.41) is 22.0. The minimum absolute atomic E-state index is 0.0795. The van der Waals surface area contributed by atoms with Gasteiger partial charge < -0.3 is 15.5 Å². The van der Waals surface area contributed by atoms with E-state index in [4.69, 9.17) is 5.11 Å². The third-order valence-electron chi connectivity index (χ3n) is 3.72. The van der Waals surface area contributed by atoms with E-state index in [1.54, 1.807) is 0 Å². The number of carbonyl (C=O) groups is 1. The van der Waals surface area contributed by atoms with Gasteiger partial charge >= 0.3 is 12.1 Å². The van der Waals surface area contributed by atoms with E-state index < -0.39 is 28.9 Å². The van der Waals surface area contributed by atoms with Crippen molar-refractivity contribution in [2.75, 3.05) is 11.9 Å². The van der Waals surface area contributed by atoms with Crippen LogP contribution in [0.3, 0.4) is 0 Å². The Morgan fingerprint density at radius 2 is 1.90 bits per heavy atom. The summed E-state index contributed by atoms with van der Waals surface area (Å²) in [5.74, 6) is -1.44. The minimum atomic E-state index is -4.59. The van der Waals surface area contributed by atoms with Crippen molar-refractivity contribution in [3.63, 3.8) is 0 Å². The van der Waals surface area contributed by atoms with Crippen LogP contribution in [0, 0.1) is 0 Å². The second-order valence-electron chi connectivity index (χ2n) is 5.35. The van der Waals surface area contributed by atoms with Crippen molar-refractivity contribution in [3.05, 3.63) is 29.3 Å². The van der Waals surface area contributed by atoms with Crippen molar-refractivity contribution < 1.29 is 28.2 Å². The molecule has 1 fully saturated rings. The maximum absolute atomic E-state index is 12.6. The van der Waals surface area contributed by atoms with Gasteiger partial charge in [-0.25, -0.2) is 4.79 Å². The normalized spacial score (nSPS) is 17.7. The molecule has 4 nitrogen and oxygen atoms in total. The summed E-state index contributed by atoms with van der Waals surface area (Å²) in [6.07, 6.45) is -1.62. The zero-order valence-corrected chi connectivity index (χ0v) is 11.2. The molecule has 1 aromatic rings. The van der Waals surface area contributed by atoms with Gasteiger partial charge in [-0.3, -0.25) is 0 Å². The SMILES string of the molecule is O=C(O)c1cc(C(F)(F)F)ccc1NCC1(O)CCCC1. The summed E-state index contributed by atoms with van der Waals surface area (Å²) in [6, 6.07) is 2.52. The lowest BCUT2D eigenvalue weighted by Gasteiger charge is -2.23. The molecule has 0 aliphatic heterocycles. The first-order chi connectivity index (χ1) is 9.71. The quantitative estimate of drug-likeness (QED) is 0.799. The molecule has 0 saturated heterocycles. The molecule has 0 unspecified atom stereocenters. The van der Waals surface area contributed by atoms with Crippen LogP contribution in [0.1, 0.15) is 41.6 Å². The first-order valence-electron chi connectivity index (χ1n) is 6.62. The van der Waals surface area contributed by atoms with E-state index in [1.165, 1.54) is 0 Å². The van der Waals surface area contributed by atoms with E-state index in [0.29, 0.717) is 18.9 Å². The van der Waals surface area contributed by atoms with E-state index in [0.717, 1.165) is 25.0 Å². The average molecular weight is 303 g/mol. The molecule has 7 heteroatoms. The molecule has 0 aromatic heterocycles. The highest BCUT2D eigenvalue weighted by Gasteiger charge is 2.33. The summed E-state index contributed by atoms with van der Waals surface area (Å²) in [4.78, 5) is 11.1. The Balaban J connectivity index is 2.21. The first-order valence-corrected chi connectivity index (χ1v) is 6.62. The minimum Gasteiger partial charge on any atom is -0.478 e. The van der Waals surface area contributed by atoms with Crippen molar-refractivity contribution in [1.82, 2.24) is 0 Å². The van der Waals surface area contributed by atoms with Gasteiger partial charge in [-0.2, -0.15) is 13.2 Å². The molecule has 0 spiro atoms. The fourth-order valence-corrected chi connectivity index (χ4v) is 2.52. The van der Waals surface area contributed by atoms with Crippen LogP contribution in [0.2, 0.25) is 0 Å². The van der Waals surface area contributed by atoms with Gasteiger partial charge in [0.05, 0.1) is 16.7 Å². The molecular weight excluding hydrogens is 287 g/mol. The van der Waals surface area contributed by atoms with Crippen molar-refractivity contribution in [1.29, 1.82) is 0 Å². The molecule has 0 radical (unpaired) electrons. The number of hydrogen-bond donors (Lipinski definition) is 3. The van der Waals surface area contributed by atoms with Crippen LogP contribution in [-0.4, -0.2) is 28.3 Å². The third kappa shape index (κ3) is 3.66. The average Bonchev–Trinajstić information content (AvgIpc) is 2.82. The molecular formula is C14H16F3NO3. The van der Waals surface area contributed by atoms with Gasteiger partial charge in [-0.15, -0.1) is 0 Å². The summed E-state index contributed by atoms with van der Waals surface area (Å²) in [7, 11) is 0. The van der Waals surface area contributed by atoms with Gasteiger partial charge in [0.15, 0.2) is 0 Å². The fraction of sp³-hybridized carbons (Fsp3) is 0.500. The van der Waals surface area contributed by atoms with E-state index in [9.17, 15) is 23.1 Å². The smallest absolute Gasteiger partial charge is 0.416 e. The molecule has 1 aromatic carbocycles. The largest absolute Gasteiger partial charge is 0.478 e. The summed E-state index contributed by atoms with van der Waals surface area (Å²) in [6.45, 7) is 0.124. The highest BCUT2D eigenvalue weighted by atomic mass is 19.4. The van der Waals surface area contributed by atoms with Crippen molar-refractivity contribution in [3.8, 4) is 0 Å². The number of hydrogen-bond acceptors (Lipinski definition) is 3. The topological polar surface area (TPSA) is 69.6 Å². The number of aliphatic hydroxyl groups is 1. The van der Waals surface area contributed by atoms with Gasteiger partial charge in [0.1, 0.15) is 0 Å². The Morgan fingerprint density at radius 3 is 2.43 bits per heavy atom. The van der Waals surface area contributed by atoms with Crippen LogP contribution in [0.25, 0.3) is 0 Å². The molecule has 1 aliphatic rings. The molecule has 1 aliphatic carbocycles. The Labute approximate surface area is 119 Å². The molecule has 3 N–H and O–H groups in total.